The Labute approximate surface area is 57.0 Å². The van der Waals surface area contributed by atoms with Crippen molar-refractivity contribution in [2.24, 2.45) is 5.92 Å². The van der Waals surface area contributed by atoms with Crippen molar-refractivity contribution < 1.29 is 0 Å². The molecular formula is C7H16N2. The van der Waals surface area contributed by atoms with Crippen molar-refractivity contribution in [3.05, 3.63) is 0 Å². The molecule has 0 aromatic carbocycles. The molecular weight excluding hydrogens is 112 g/mol. The molecule has 0 radical (unpaired) electrons. The van der Waals surface area contributed by atoms with E-state index in [9.17, 15) is 0 Å². The normalized spacial score (nSPS) is 27.7. The second kappa shape index (κ2) is 3.18. The van der Waals surface area contributed by atoms with Gasteiger partial charge in [0.05, 0.1) is 0 Å². The molecule has 9 heavy (non-hydrogen) atoms. The lowest BCUT2D eigenvalue weighted by Gasteiger charge is -2.10. The Morgan fingerprint density at radius 2 is 2.33 bits per heavy atom. The molecule has 1 atom stereocenters. The van der Waals surface area contributed by atoms with Gasteiger partial charge in [-0.05, 0) is 18.8 Å². The van der Waals surface area contributed by atoms with Crippen molar-refractivity contribution in [3.8, 4) is 0 Å². The fourth-order valence-corrected chi connectivity index (χ4v) is 1.28. The topological polar surface area (TPSA) is 24.1 Å². The summed E-state index contributed by atoms with van der Waals surface area (Å²) >= 11 is 0. The lowest BCUT2D eigenvalue weighted by atomic mass is 10.0. The molecule has 1 aliphatic heterocycles. The fourth-order valence-electron chi connectivity index (χ4n) is 1.28. The van der Waals surface area contributed by atoms with E-state index in [4.69, 9.17) is 0 Å². The van der Waals surface area contributed by atoms with E-state index in [0.29, 0.717) is 0 Å². The van der Waals surface area contributed by atoms with Gasteiger partial charge in [0.25, 0.3) is 0 Å². The lowest BCUT2D eigenvalue weighted by Crippen LogP contribution is -2.30. The van der Waals surface area contributed by atoms with Crippen LogP contribution >= 0.6 is 0 Å². The summed E-state index contributed by atoms with van der Waals surface area (Å²) < 4.78 is 0. The van der Waals surface area contributed by atoms with Gasteiger partial charge in [-0.3, -0.25) is 10.9 Å². The molecule has 1 fully saturated rings. The first-order valence-corrected chi connectivity index (χ1v) is 3.77. The van der Waals surface area contributed by atoms with Crippen LogP contribution in [0.15, 0.2) is 0 Å². The molecule has 0 saturated carbocycles. The first-order valence-electron chi connectivity index (χ1n) is 3.77. The second-order valence-electron chi connectivity index (χ2n) is 3.19. The van der Waals surface area contributed by atoms with Gasteiger partial charge >= 0.3 is 0 Å². The predicted molar refractivity (Wildman–Crippen MR) is 39.0 cm³/mol. The minimum absolute atomic E-state index is 0.727. The third-order valence-corrected chi connectivity index (χ3v) is 1.68. The Balaban J connectivity index is 2.11. The molecule has 2 nitrogen and oxygen atoms in total. The molecule has 0 aromatic heterocycles. The molecule has 0 amide bonds. The van der Waals surface area contributed by atoms with Gasteiger partial charge in [-0.15, -0.1) is 0 Å². The zero-order valence-corrected chi connectivity index (χ0v) is 6.28. The highest BCUT2D eigenvalue weighted by molar-refractivity contribution is 4.72. The molecule has 0 aromatic rings. The molecule has 2 heteroatoms. The van der Waals surface area contributed by atoms with E-state index in [-0.39, 0.29) is 0 Å². The monoisotopic (exact) mass is 128 g/mol. The lowest BCUT2D eigenvalue weighted by molar-refractivity contribution is 0.446. The number of nitrogens with one attached hydrogen (secondary N) is 2. The predicted octanol–water partition coefficient (Wildman–Crippen LogP) is 0.899. The Morgan fingerprint density at radius 1 is 1.56 bits per heavy atom. The van der Waals surface area contributed by atoms with Crippen LogP contribution in [-0.4, -0.2) is 12.6 Å². The smallest absolute Gasteiger partial charge is 0.0228 e. The van der Waals surface area contributed by atoms with Crippen LogP contribution in [0.5, 0.6) is 0 Å². The van der Waals surface area contributed by atoms with Crippen LogP contribution in [0.4, 0.5) is 0 Å². The molecule has 54 valence electrons. The van der Waals surface area contributed by atoms with Crippen LogP contribution < -0.4 is 10.9 Å². The Bertz CT molecular complexity index is 75.0. The highest BCUT2D eigenvalue weighted by Gasteiger charge is 2.13. The largest absolute Gasteiger partial charge is 0.258 e. The van der Waals surface area contributed by atoms with E-state index in [2.05, 4.69) is 24.7 Å². The number of rotatable bonds is 2. The Hall–Kier alpha value is -0.0800. The third kappa shape index (κ3) is 2.33. The minimum atomic E-state index is 0.727. The number of hydrazine groups is 1. The van der Waals surface area contributed by atoms with E-state index >= 15 is 0 Å². The summed E-state index contributed by atoms with van der Waals surface area (Å²) in [6, 6.07) is 0.727. The molecule has 1 aliphatic rings. The van der Waals surface area contributed by atoms with Crippen molar-refractivity contribution in [1.82, 2.24) is 10.9 Å². The molecule has 0 bridgehead atoms. The summed E-state index contributed by atoms with van der Waals surface area (Å²) in [5.74, 6) is 0.822. The quantitative estimate of drug-likeness (QED) is 0.577. The first-order chi connectivity index (χ1) is 4.29. The maximum absolute atomic E-state index is 3.24. The molecule has 1 unspecified atom stereocenters. The van der Waals surface area contributed by atoms with Crippen LogP contribution in [0, 0.1) is 5.92 Å². The van der Waals surface area contributed by atoms with Crippen LogP contribution in [0.3, 0.4) is 0 Å². The molecule has 2 N–H and O–H groups in total. The van der Waals surface area contributed by atoms with Crippen LogP contribution in [0.2, 0.25) is 0 Å². The van der Waals surface area contributed by atoms with Crippen molar-refractivity contribution in [2.45, 2.75) is 32.7 Å². The Morgan fingerprint density at radius 3 is 2.78 bits per heavy atom. The summed E-state index contributed by atoms with van der Waals surface area (Å²) in [5.41, 5.74) is 6.37. The van der Waals surface area contributed by atoms with Crippen LogP contribution in [0.25, 0.3) is 0 Å². The summed E-state index contributed by atoms with van der Waals surface area (Å²) in [6.45, 7) is 5.66. The van der Waals surface area contributed by atoms with Gasteiger partial charge in [0.15, 0.2) is 0 Å². The van der Waals surface area contributed by atoms with E-state index in [0.717, 1.165) is 18.5 Å². The van der Waals surface area contributed by atoms with Crippen LogP contribution in [-0.2, 0) is 0 Å². The molecule has 1 heterocycles. The maximum atomic E-state index is 3.24. The molecule has 0 aliphatic carbocycles. The van der Waals surface area contributed by atoms with E-state index in [1.165, 1.54) is 12.8 Å². The second-order valence-corrected chi connectivity index (χ2v) is 3.19. The van der Waals surface area contributed by atoms with E-state index in [1.54, 1.807) is 0 Å². The summed E-state index contributed by atoms with van der Waals surface area (Å²) in [5, 5.41) is 0. The van der Waals surface area contributed by atoms with Crippen molar-refractivity contribution >= 4 is 0 Å². The average Bonchev–Trinajstić information content (AvgIpc) is 2.15. The zero-order valence-electron chi connectivity index (χ0n) is 6.28. The molecule has 0 spiro atoms. The van der Waals surface area contributed by atoms with Gasteiger partial charge in [-0.1, -0.05) is 13.8 Å². The van der Waals surface area contributed by atoms with Crippen molar-refractivity contribution in [1.29, 1.82) is 0 Å². The fraction of sp³-hybridized carbons (Fsp3) is 1.00. The summed E-state index contributed by atoms with van der Waals surface area (Å²) in [7, 11) is 0. The number of hydrogen-bond acceptors (Lipinski definition) is 2. The van der Waals surface area contributed by atoms with Gasteiger partial charge in [0.2, 0.25) is 0 Å². The minimum Gasteiger partial charge on any atom is -0.258 e. The van der Waals surface area contributed by atoms with Gasteiger partial charge in [0, 0.05) is 12.6 Å². The van der Waals surface area contributed by atoms with Crippen molar-refractivity contribution in [2.75, 3.05) is 6.54 Å². The summed E-state index contributed by atoms with van der Waals surface area (Å²) in [6.07, 6.45) is 2.59. The van der Waals surface area contributed by atoms with Gasteiger partial charge in [0.1, 0.15) is 0 Å². The summed E-state index contributed by atoms with van der Waals surface area (Å²) in [4.78, 5) is 0. The maximum Gasteiger partial charge on any atom is 0.0228 e. The Kier molecular flexibility index (Phi) is 2.49. The SMILES string of the molecule is CC(C)CC1CCNN1. The zero-order chi connectivity index (χ0) is 6.69. The molecule has 1 saturated heterocycles. The highest BCUT2D eigenvalue weighted by atomic mass is 15.4. The first kappa shape index (κ1) is 7.03. The molecule has 1 rings (SSSR count). The average molecular weight is 128 g/mol. The van der Waals surface area contributed by atoms with Crippen LogP contribution in [0.1, 0.15) is 26.7 Å². The van der Waals surface area contributed by atoms with Gasteiger partial charge < -0.3 is 0 Å². The third-order valence-electron chi connectivity index (χ3n) is 1.68. The standard InChI is InChI=1S/C7H16N2/c1-6(2)5-7-3-4-8-9-7/h6-9H,3-5H2,1-2H3. The number of hydrogen-bond donors (Lipinski definition) is 2. The van der Waals surface area contributed by atoms with Gasteiger partial charge in [-0.2, -0.15) is 0 Å². The highest BCUT2D eigenvalue weighted by Crippen LogP contribution is 2.08. The van der Waals surface area contributed by atoms with E-state index in [1.807, 2.05) is 0 Å². The van der Waals surface area contributed by atoms with Crippen molar-refractivity contribution in [3.63, 3.8) is 0 Å². The van der Waals surface area contributed by atoms with E-state index < -0.39 is 0 Å². The van der Waals surface area contributed by atoms with Gasteiger partial charge in [-0.25, -0.2) is 0 Å².